The van der Waals surface area contributed by atoms with Crippen LogP contribution < -0.4 is 20.5 Å². The van der Waals surface area contributed by atoms with Gasteiger partial charge >= 0.3 is 6.03 Å². The molecule has 2 aliphatic heterocycles. The predicted octanol–water partition coefficient (Wildman–Crippen LogP) is 4.92. The molecule has 0 spiro atoms. The Morgan fingerprint density at radius 2 is 1.46 bits per heavy atom. The second-order valence-electron chi connectivity index (χ2n) is 10.7. The van der Waals surface area contributed by atoms with Gasteiger partial charge in [-0.05, 0) is 80.8 Å². The van der Waals surface area contributed by atoms with Gasteiger partial charge in [-0.25, -0.2) is 10.2 Å². The molecule has 204 valence electrons. The Balaban J connectivity index is 1.26. The van der Waals surface area contributed by atoms with Crippen LogP contribution in [0.3, 0.4) is 0 Å². The third-order valence-corrected chi connectivity index (χ3v) is 7.41. The van der Waals surface area contributed by atoms with E-state index in [1.807, 2.05) is 82.3 Å². The van der Waals surface area contributed by atoms with E-state index in [0.29, 0.717) is 6.67 Å². The minimum absolute atomic E-state index is 0.0108. The molecule has 0 radical (unpaired) electrons. The van der Waals surface area contributed by atoms with E-state index >= 15 is 0 Å². The van der Waals surface area contributed by atoms with Gasteiger partial charge in [0.2, 0.25) is 5.91 Å². The second kappa shape index (κ2) is 11.5. The molecule has 39 heavy (non-hydrogen) atoms. The fraction of sp³-hybridized carbons (Fsp3) is 0.355. The number of amides is 3. The summed E-state index contributed by atoms with van der Waals surface area (Å²) in [7, 11) is 0. The zero-order chi connectivity index (χ0) is 27.5. The number of rotatable bonds is 7. The summed E-state index contributed by atoms with van der Waals surface area (Å²) in [4.78, 5) is 32.7. The van der Waals surface area contributed by atoms with Crippen LogP contribution in [0.2, 0.25) is 0 Å². The minimum Gasteiger partial charge on any atom is -0.369 e. The van der Waals surface area contributed by atoms with Crippen LogP contribution in [-0.2, 0) is 4.79 Å². The van der Waals surface area contributed by atoms with Crippen LogP contribution >= 0.6 is 0 Å². The van der Waals surface area contributed by atoms with Gasteiger partial charge in [0.1, 0.15) is 6.04 Å². The molecule has 0 aromatic heterocycles. The second-order valence-corrected chi connectivity index (χ2v) is 10.7. The number of carbonyl (C=O) groups is 2. The Labute approximate surface area is 231 Å². The van der Waals surface area contributed by atoms with Gasteiger partial charge < -0.3 is 10.2 Å². The summed E-state index contributed by atoms with van der Waals surface area (Å²) in [6.07, 6.45) is 0. The molecule has 5 rings (SSSR count). The van der Waals surface area contributed by atoms with Crippen LogP contribution in [0.5, 0.6) is 0 Å². The summed E-state index contributed by atoms with van der Waals surface area (Å²) in [6.45, 7) is 11.7. The smallest absolute Gasteiger partial charge is 0.340 e. The molecule has 3 amide bonds. The number of piperazine rings is 1. The lowest BCUT2D eigenvalue weighted by atomic mass is 10.0. The van der Waals surface area contributed by atoms with E-state index in [9.17, 15) is 9.59 Å². The van der Waals surface area contributed by atoms with Crippen molar-refractivity contribution >= 4 is 29.0 Å². The van der Waals surface area contributed by atoms with Crippen LogP contribution in [0.15, 0.2) is 72.8 Å². The average molecular weight is 527 g/mol. The average Bonchev–Trinajstić information content (AvgIpc) is 3.31. The van der Waals surface area contributed by atoms with Crippen molar-refractivity contribution in [3.8, 4) is 0 Å². The van der Waals surface area contributed by atoms with Crippen molar-refractivity contribution in [3.63, 3.8) is 0 Å². The van der Waals surface area contributed by atoms with E-state index in [1.165, 1.54) is 0 Å². The van der Waals surface area contributed by atoms with E-state index in [-0.39, 0.29) is 24.0 Å². The molecule has 2 heterocycles. The molecular weight excluding hydrogens is 488 g/mol. The van der Waals surface area contributed by atoms with Gasteiger partial charge in [-0.2, -0.15) is 0 Å². The van der Waals surface area contributed by atoms with Gasteiger partial charge in [0, 0.05) is 49.3 Å². The van der Waals surface area contributed by atoms with Crippen LogP contribution in [0.4, 0.5) is 21.9 Å². The molecule has 2 N–H and O–H groups in total. The van der Waals surface area contributed by atoms with Crippen molar-refractivity contribution in [2.24, 2.45) is 0 Å². The Hall–Kier alpha value is -3.88. The molecule has 1 atom stereocenters. The molecule has 8 heteroatoms. The maximum Gasteiger partial charge on any atom is 0.340 e. The number of urea groups is 1. The summed E-state index contributed by atoms with van der Waals surface area (Å²) in [5.41, 5.74) is 9.24. The van der Waals surface area contributed by atoms with Crippen molar-refractivity contribution in [2.75, 3.05) is 48.0 Å². The lowest BCUT2D eigenvalue weighted by Gasteiger charge is -2.40. The first-order chi connectivity index (χ1) is 18.8. The molecule has 3 aromatic carbocycles. The highest BCUT2D eigenvalue weighted by Gasteiger charge is 2.32. The number of anilines is 3. The highest BCUT2D eigenvalue weighted by molar-refractivity contribution is 5.96. The monoisotopic (exact) mass is 526 g/mol. The first-order valence-corrected chi connectivity index (χ1v) is 13.7. The lowest BCUT2D eigenvalue weighted by molar-refractivity contribution is -0.121. The highest BCUT2D eigenvalue weighted by Crippen LogP contribution is 2.28. The number of nitrogens with zero attached hydrogens (tertiary/aromatic N) is 4. The van der Waals surface area contributed by atoms with Gasteiger partial charge in [0.15, 0.2) is 0 Å². The molecule has 0 bridgehead atoms. The van der Waals surface area contributed by atoms with Crippen molar-refractivity contribution in [3.05, 3.63) is 89.5 Å². The maximum atomic E-state index is 13.6. The summed E-state index contributed by atoms with van der Waals surface area (Å²) < 4.78 is 0. The number of aryl methyl sites for hydroxylation is 2. The van der Waals surface area contributed by atoms with E-state index in [2.05, 4.69) is 38.7 Å². The van der Waals surface area contributed by atoms with Crippen molar-refractivity contribution in [2.45, 2.75) is 39.8 Å². The van der Waals surface area contributed by atoms with Crippen LogP contribution in [0, 0.1) is 13.8 Å². The number of benzene rings is 3. The van der Waals surface area contributed by atoms with Gasteiger partial charge in [-0.15, -0.1) is 0 Å². The number of hydrogen-bond acceptors (Lipinski definition) is 5. The minimum atomic E-state index is -0.367. The molecule has 2 fully saturated rings. The third kappa shape index (κ3) is 5.92. The predicted molar refractivity (Wildman–Crippen MR) is 157 cm³/mol. The molecule has 2 aliphatic rings. The zero-order valence-corrected chi connectivity index (χ0v) is 23.2. The fourth-order valence-electron chi connectivity index (χ4n) is 5.52. The van der Waals surface area contributed by atoms with Gasteiger partial charge in [-0.3, -0.25) is 19.6 Å². The van der Waals surface area contributed by atoms with Gasteiger partial charge in [-0.1, -0.05) is 36.4 Å². The van der Waals surface area contributed by atoms with E-state index in [4.69, 9.17) is 0 Å². The molecule has 3 aromatic rings. The maximum absolute atomic E-state index is 13.6. The number of nitrogens with one attached hydrogen (secondary N) is 2. The van der Waals surface area contributed by atoms with Crippen molar-refractivity contribution in [1.29, 1.82) is 0 Å². The molecule has 2 saturated heterocycles. The molecular formula is C31H38N6O2. The van der Waals surface area contributed by atoms with Gasteiger partial charge in [0.25, 0.3) is 0 Å². The zero-order valence-electron chi connectivity index (χ0n) is 23.2. The van der Waals surface area contributed by atoms with Crippen molar-refractivity contribution < 1.29 is 9.59 Å². The SMILES string of the molecule is Cc1cc(C)cc(NC(=O)C(c2ccccc2)N2CCN(c3ccc(N4CNN(C(C)C)C4=O)cc3)CC2)c1. The van der Waals surface area contributed by atoms with E-state index in [0.717, 1.165) is 59.9 Å². The summed E-state index contributed by atoms with van der Waals surface area (Å²) in [5.74, 6) is -0.0108. The third-order valence-electron chi connectivity index (χ3n) is 7.41. The largest absolute Gasteiger partial charge is 0.369 e. The number of hydrogen-bond donors (Lipinski definition) is 2. The normalized spacial score (nSPS) is 17.2. The summed E-state index contributed by atoms with van der Waals surface area (Å²) in [5, 5.41) is 4.83. The van der Waals surface area contributed by atoms with E-state index < -0.39 is 0 Å². The Kier molecular flexibility index (Phi) is 7.86. The Bertz CT molecular complexity index is 1280. The fourth-order valence-corrected chi connectivity index (χ4v) is 5.52. The standard InChI is InChI=1S/C31H38N6O2/c1-22(2)37-31(39)36(21-32-37)28-12-10-27(11-13-28)34-14-16-35(17-15-34)29(25-8-6-5-7-9-25)30(38)33-26-19-23(3)18-24(4)20-26/h5-13,18-20,22,29,32H,14-17,21H2,1-4H3,(H,33,38). The number of hydrazine groups is 1. The van der Waals surface area contributed by atoms with E-state index in [1.54, 1.807) is 9.91 Å². The Morgan fingerprint density at radius 1 is 0.846 bits per heavy atom. The molecule has 1 unspecified atom stereocenters. The summed E-state index contributed by atoms with van der Waals surface area (Å²) in [6, 6.07) is 24.1. The van der Waals surface area contributed by atoms with Crippen LogP contribution in [-0.4, -0.2) is 60.7 Å². The molecule has 0 aliphatic carbocycles. The summed E-state index contributed by atoms with van der Waals surface area (Å²) >= 11 is 0. The quantitative estimate of drug-likeness (QED) is 0.458. The molecule has 8 nitrogen and oxygen atoms in total. The van der Waals surface area contributed by atoms with Crippen molar-refractivity contribution in [1.82, 2.24) is 15.3 Å². The first-order valence-electron chi connectivity index (χ1n) is 13.7. The topological polar surface area (TPSA) is 71.2 Å². The van der Waals surface area contributed by atoms with Crippen LogP contribution in [0.25, 0.3) is 0 Å². The first kappa shape index (κ1) is 26.7. The van der Waals surface area contributed by atoms with Gasteiger partial charge in [0.05, 0.1) is 6.67 Å². The number of carbonyl (C=O) groups excluding carboxylic acids is 2. The molecule has 0 saturated carbocycles. The Morgan fingerprint density at radius 3 is 2.05 bits per heavy atom. The lowest BCUT2D eigenvalue weighted by Crippen LogP contribution is -2.50. The highest BCUT2D eigenvalue weighted by atomic mass is 16.2. The van der Waals surface area contributed by atoms with Crippen LogP contribution in [0.1, 0.15) is 36.6 Å².